The Morgan fingerprint density at radius 1 is 1.00 bits per heavy atom. The smallest absolute Gasteiger partial charge is 0.253 e. The lowest BCUT2D eigenvalue weighted by Gasteiger charge is -2.26. The molecule has 0 bridgehead atoms. The van der Waals surface area contributed by atoms with Gasteiger partial charge in [-0.15, -0.1) is 0 Å². The van der Waals surface area contributed by atoms with Crippen molar-refractivity contribution in [1.29, 1.82) is 0 Å². The molecular weight excluding hydrogens is 327 g/mol. The molecule has 1 aliphatic rings. The van der Waals surface area contributed by atoms with Crippen LogP contribution < -0.4 is 5.32 Å². The van der Waals surface area contributed by atoms with E-state index in [0.29, 0.717) is 13.0 Å². The SMILES string of the molecule is O=C(c1ccc(NCCC#Cc2ccc(F)cc2)cc1)N1CCCCC1. The molecule has 3 nitrogen and oxygen atoms in total. The first-order valence-corrected chi connectivity index (χ1v) is 9.10. The van der Waals surface area contributed by atoms with E-state index in [1.165, 1.54) is 18.6 Å². The molecule has 1 fully saturated rings. The minimum Gasteiger partial charge on any atom is -0.384 e. The Labute approximate surface area is 154 Å². The largest absolute Gasteiger partial charge is 0.384 e. The highest BCUT2D eigenvalue weighted by atomic mass is 19.1. The van der Waals surface area contributed by atoms with E-state index in [1.807, 2.05) is 29.2 Å². The monoisotopic (exact) mass is 350 g/mol. The highest BCUT2D eigenvalue weighted by Gasteiger charge is 2.17. The van der Waals surface area contributed by atoms with Gasteiger partial charge in [-0.1, -0.05) is 11.8 Å². The van der Waals surface area contributed by atoms with Gasteiger partial charge in [-0.3, -0.25) is 4.79 Å². The van der Waals surface area contributed by atoms with Gasteiger partial charge in [0.15, 0.2) is 0 Å². The summed E-state index contributed by atoms with van der Waals surface area (Å²) in [6.07, 6.45) is 4.11. The van der Waals surface area contributed by atoms with Crippen molar-refractivity contribution in [2.75, 3.05) is 25.0 Å². The number of nitrogens with zero attached hydrogens (tertiary/aromatic N) is 1. The number of halogens is 1. The van der Waals surface area contributed by atoms with Gasteiger partial charge in [-0.2, -0.15) is 0 Å². The molecule has 1 aliphatic heterocycles. The Kier molecular flexibility index (Phi) is 6.27. The summed E-state index contributed by atoms with van der Waals surface area (Å²) in [5.74, 6) is 5.96. The average molecular weight is 350 g/mol. The first-order chi connectivity index (χ1) is 12.7. The maximum absolute atomic E-state index is 12.8. The van der Waals surface area contributed by atoms with Gasteiger partial charge in [-0.05, 0) is 67.8 Å². The van der Waals surface area contributed by atoms with Crippen molar-refractivity contribution in [3.8, 4) is 11.8 Å². The van der Waals surface area contributed by atoms with Crippen LogP contribution in [0.25, 0.3) is 0 Å². The topological polar surface area (TPSA) is 32.3 Å². The van der Waals surface area contributed by atoms with Crippen LogP contribution in [0.3, 0.4) is 0 Å². The summed E-state index contributed by atoms with van der Waals surface area (Å²) in [5, 5.41) is 3.30. The molecule has 0 aliphatic carbocycles. The van der Waals surface area contributed by atoms with Crippen molar-refractivity contribution in [3.63, 3.8) is 0 Å². The number of amides is 1. The summed E-state index contributed by atoms with van der Waals surface area (Å²) in [4.78, 5) is 14.4. The Balaban J connectivity index is 1.46. The molecule has 1 amide bonds. The van der Waals surface area contributed by atoms with Crippen molar-refractivity contribution in [1.82, 2.24) is 4.90 Å². The lowest BCUT2D eigenvalue weighted by molar-refractivity contribution is 0.0724. The van der Waals surface area contributed by atoms with Crippen LogP contribution in [-0.4, -0.2) is 30.4 Å². The summed E-state index contributed by atoms with van der Waals surface area (Å²) in [6.45, 7) is 2.45. The number of nitrogens with one attached hydrogen (secondary N) is 1. The van der Waals surface area contributed by atoms with Gasteiger partial charge in [0.2, 0.25) is 0 Å². The Bertz CT molecular complexity index is 782. The minimum atomic E-state index is -0.251. The molecule has 0 atom stereocenters. The van der Waals surface area contributed by atoms with Gasteiger partial charge < -0.3 is 10.2 Å². The van der Waals surface area contributed by atoms with Gasteiger partial charge in [0, 0.05) is 42.9 Å². The molecule has 1 saturated heterocycles. The average Bonchev–Trinajstić information content (AvgIpc) is 2.70. The van der Waals surface area contributed by atoms with Gasteiger partial charge >= 0.3 is 0 Å². The zero-order valence-electron chi connectivity index (χ0n) is 14.8. The number of hydrogen-bond donors (Lipinski definition) is 1. The van der Waals surface area contributed by atoms with Crippen LogP contribution in [-0.2, 0) is 0 Å². The lowest BCUT2D eigenvalue weighted by Crippen LogP contribution is -2.35. The molecule has 0 saturated carbocycles. The summed E-state index contributed by atoms with van der Waals surface area (Å²) in [6, 6.07) is 13.8. The molecule has 0 spiro atoms. The molecule has 0 radical (unpaired) electrons. The van der Waals surface area contributed by atoms with E-state index < -0.39 is 0 Å². The van der Waals surface area contributed by atoms with Crippen LogP contribution in [0.4, 0.5) is 10.1 Å². The molecule has 1 N–H and O–H groups in total. The fourth-order valence-electron chi connectivity index (χ4n) is 2.98. The summed E-state index contributed by atoms with van der Waals surface area (Å²) in [7, 11) is 0. The highest BCUT2D eigenvalue weighted by Crippen LogP contribution is 2.15. The molecule has 134 valence electrons. The lowest BCUT2D eigenvalue weighted by atomic mass is 10.1. The maximum Gasteiger partial charge on any atom is 0.253 e. The summed E-state index contributed by atoms with van der Waals surface area (Å²) >= 11 is 0. The molecule has 0 unspecified atom stereocenters. The molecule has 26 heavy (non-hydrogen) atoms. The van der Waals surface area contributed by atoms with Crippen molar-refractivity contribution >= 4 is 11.6 Å². The van der Waals surface area contributed by atoms with E-state index in [4.69, 9.17) is 0 Å². The maximum atomic E-state index is 12.8. The number of piperidine rings is 1. The standard InChI is InChI=1S/C22H23FN2O/c23-20-11-7-18(8-12-20)6-2-3-15-24-21-13-9-19(10-14-21)22(26)25-16-4-1-5-17-25/h7-14,24H,1,3-5,15-17H2. The second-order valence-corrected chi connectivity index (χ2v) is 6.42. The van der Waals surface area contributed by atoms with E-state index in [9.17, 15) is 9.18 Å². The fourth-order valence-corrected chi connectivity index (χ4v) is 2.98. The van der Waals surface area contributed by atoms with E-state index >= 15 is 0 Å². The van der Waals surface area contributed by atoms with Crippen molar-refractivity contribution < 1.29 is 9.18 Å². The predicted molar refractivity (Wildman–Crippen MR) is 103 cm³/mol. The molecule has 4 heteroatoms. The number of carbonyl (C=O) groups is 1. The van der Waals surface area contributed by atoms with Crippen LogP contribution >= 0.6 is 0 Å². The fraction of sp³-hybridized carbons (Fsp3) is 0.318. The van der Waals surface area contributed by atoms with Gasteiger partial charge in [0.25, 0.3) is 5.91 Å². The zero-order chi connectivity index (χ0) is 18.2. The van der Waals surface area contributed by atoms with Crippen LogP contribution in [0.2, 0.25) is 0 Å². The number of rotatable bonds is 4. The third kappa shape index (κ3) is 5.10. The van der Waals surface area contributed by atoms with Crippen LogP contribution in [0.15, 0.2) is 48.5 Å². The number of carbonyl (C=O) groups excluding carboxylic acids is 1. The zero-order valence-corrected chi connectivity index (χ0v) is 14.8. The van der Waals surface area contributed by atoms with E-state index in [2.05, 4.69) is 17.2 Å². The number of anilines is 1. The number of likely N-dealkylation sites (tertiary alicyclic amines) is 1. The Hall–Kier alpha value is -2.80. The summed E-state index contributed by atoms with van der Waals surface area (Å²) in [5.41, 5.74) is 2.53. The molecule has 2 aromatic rings. The van der Waals surface area contributed by atoms with Crippen LogP contribution in [0.5, 0.6) is 0 Å². The Morgan fingerprint density at radius 2 is 1.69 bits per heavy atom. The second kappa shape index (κ2) is 9.05. The van der Waals surface area contributed by atoms with Crippen molar-refractivity contribution in [2.24, 2.45) is 0 Å². The number of hydrogen-bond acceptors (Lipinski definition) is 2. The summed E-state index contributed by atoms with van der Waals surface area (Å²) < 4.78 is 12.8. The van der Waals surface area contributed by atoms with Gasteiger partial charge in [-0.25, -0.2) is 4.39 Å². The molecule has 0 aromatic heterocycles. The van der Waals surface area contributed by atoms with E-state index in [0.717, 1.165) is 42.7 Å². The predicted octanol–water partition coefficient (Wildman–Crippen LogP) is 4.31. The number of benzene rings is 2. The minimum absolute atomic E-state index is 0.126. The van der Waals surface area contributed by atoms with Crippen LogP contribution in [0, 0.1) is 17.7 Å². The Morgan fingerprint density at radius 3 is 2.38 bits per heavy atom. The van der Waals surface area contributed by atoms with E-state index in [-0.39, 0.29) is 11.7 Å². The molecule has 1 heterocycles. The molecular formula is C22H23FN2O. The quantitative estimate of drug-likeness (QED) is 0.658. The van der Waals surface area contributed by atoms with Crippen molar-refractivity contribution in [2.45, 2.75) is 25.7 Å². The van der Waals surface area contributed by atoms with Crippen molar-refractivity contribution in [3.05, 3.63) is 65.5 Å². The first-order valence-electron chi connectivity index (χ1n) is 9.10. The molecule has 3 rings (SSSR count). The van der Waals surface area contributed by atoms with Gasteiger partial charge in [0.1, 0.15) is 5.82 Å². The van der Waals surface area contributed by atoms with Crippen LogP contribution in [0.1, 0.15) is 41.6 Å². The van der Waals surface area contributed by atoms with Gasteiger partial charge in [0.05, 0.1) is 0 Å². The normalized spacial score (nSPS) is 13.7. The van der Waals surface area contributed by atoms with E-state index in [1.54, 1.807) is 12.1 Å². The third-order valence-electron chi connectivity index (χ3n) is 4.43. The highest BCUT2D eigenvalue weighted by molar-refractivity contribution is 5.94. The first kappa shape index (κ1) is 18.0. The second-order valence-electron chi connectivity index (χ2n) is 6.42. The molecule has 2 aromatic carbocycles. The third-order valence-corrected chi connectivity index (χ3v) is 4.43.